The molecule has 2 aromatic rings. The second kappa shape index (κ2) is 7.18. The molecular weight excluding hydrogens is 287 g/mol. The van der Waals surface area contributed by atoms with Gasteiger partial charge < -0.3 is 4.74 Å². The lowest BCUT2D eigenvalue weighted by Crippen LogP contribution is -2.05. The lowest BCUT2D eigenvalue weighted by molar-refractivity contribution is -0.384. The molecule has 22 heavy (non-hydrogen) atoms. The van der Waals surface area contributed by atoms with Gasteiger partial charge >= 0.3 is 0 Å². The van der Waals surface area contributed by atoms with E-state index >= 15 is 0 Å². The van der Waals surface area contributed by atoms with E-state index in [0.29, 0.717) is 12.0 Å². The molecule has 0 N–H and O–H groups in total. The monoisotopic (exact) mass is 300 g/mol. The Morgan fingerprint density at radius 2 is 1.91 bits per heavy atom. The maximum Gasteiger partial charge on any atom is 0.269 e. The zero-order chi connectivity index (χ0) is 15.9. The van der Waals surface area contributed by atoms with Gasteiger partial charge in [-0.1, -0.05) is 24.3 Å². The number of non-ortho nitro benzene ring substituents is 1. The molecule has 0 aliphatic carbocycles. The molecule has 0 aromatic heterocycles. The van der Waals surface area contributed by atoms with Crippen molar-refractivity contribution in [1.29, 1.82) is 5.26 Å². The molecule has 0 radical (unpaired) electrons. The van der Waals surface area contributed by atoms with E-state index < -0.39 is 16.7 Å². The first kappa shape index (κ1) is 15.4. The van der Waals surface area contributed by atoms with E-state index in [0.717, 1.165) is 0 Å². The lowest BCUT2D eigenvalue weighted by atomic mass is 9.97. The number of hydrogen-bond acceptors (Lipinski definition) is 4. The van der Waals surface area contributed by atoms with Crippen LogP contribution in [0.5, 0.6) is 5.75 Å². The summed E-state index contributed by atoms with van der Waals surface area (Å²) in [7, 11) is 0. The van der Waals surface area contributed by atoms with Crippen molar-refractivity contribution in [2.24, 2.45) is 0 Å². The summed E-state index contributed by atoms with van der Waals surface area (Å²) in [5.41, 5.74) is 0.647. The minimum absolute atomic E-state index is 0.0250. The molecule has 0 amide bonds. The topological polar surface area (TPSA) is 76.2 Å². The molecule has 2 rings (SSSR count). The molecule has 0 fully saturated rings. The van der Waals surface area contributed by atoms with Crippen LogP contribution < -0.4 is 4.74 Å². The number of nitrogens with zero attached hydrogens (tertiary/aromatic N) is 2. The highest BCUT2D eigenvalue weighted by molar-refractivity contribution is 5.36. The minimum atomic E-state index is -0.494. The molecule has 0 saturated heterocycles. The Kier molecular flexibility index (Phi) is 5.04. The first-order valence-corrected chi connectivity index (χ1v) is 6.63. The summed E-state index contributed by atoms with van der Waals surface area (Å²) in [5.74, 6) is -0.776. The van der Waals surface area contributed by atoms with E-state index in [1.165, 1.54) is 24.3 Å². The van der Waals surface area contributed by atoms with Crippen molar-refractivity contribution in [3.05, 3.63) is 70.0 Å². The van der Waals surface area contributed by atoms with Gasteiger partial charge in [-0.05, 0) is 17.7 Å². The second-order valence-corrected chi connectivity index (χ2v) is 4.60. The molecule has 112 valence electrons. The smallest absolute Gasteiger partial charge is 0.269 e. The number of nitro benzene ring substituents is 1. The third-order valence-corrected chi connectivity index (χ3v) is 3.16. The summed E-state index contributed by atoms with van der Waals surface area (Å²) in [4.78, 5) is 10.1. The van der Waals surface area contributed by atoms with E-state index in [2.05, 4.69) is 6.07 Å². The van der Waals surface area contributed by atoms with Gasteiger partial charge in [0.2, 0.25) is 0 Å². The van der Waals surface area contributed by atoms with Crippen LogP contribution in [-0.2, 0) is 0 Å². The van der Waals surface area contributed by atoms with Crippen LogP contribution in [0.15, 0.2) is 48.5 Å². The standard InChI is InChI=1S/C16H13FN2O3/c17-15-3-1-2-4-16(15)22-10-9-13(11-18)12-5-7-14(8-6-12)19(20)21/h1-8,13H,9-10H2. The van der Waals surface area contributed by atoms with Crippen LogP contribution >= 0.6 is 0 Å². The van der Waals surface area contributed by atoms with Crippen LogP contribution in [0, 0.1) is 27.3 Å². The van der Waals surface area contributed by atoms with Gasteiger partial charge in [0.15, 0.2) is 11.6 Å². The number of rotatable bonds is 6. The van der Waals surface area contributed by atoms with Crippen molar-refractivity contribution < 1.29 is 14.1 Å². The van der Waals surface area contributed by atoms with Crippen LogP contribution in [0.4, 0.5) is 10.1 Å². The van der Waals surface area contributed by atoms with E-state index in [9.17, 15) is 19.8 Å². The Balaban J connectivity index is 1.96. The Labute approximate surface area is 126 Å². The molecule has 1 unspecified atom stereocenters. The van der Waals surface area contributed by atoms with Crippen molar-refractivity contribution in [2.75, 3.05) is 6.61 Å². The zero-order valence-electron chi connectivity index (χ0n) is 11.6. The fourth-order valence-corrected chi connectivity index (χ4v) is 1.98. The third-order valence-electron chi connectivity index (χ3n) is 3.16. The van der Waals surface area contributed by atoms with E-state index in [1.54, 1.807) is 24.3 Å². The first-order valence-electron chi connectivity index (χ1n) is 6.63. The highest BCUT2D eigenvalue weighted by Crippen LogP contribution is 2.23. The van der Waals surface area contributed by atoms with E-state index in [-0.39, 0.29) is 18.0 Å². The van der Waals surface area contributed by atoms with E-state index in [4.69, 9.17) is 4.74 Å². The van der Waals surface area contributed by atoms with Crippen molar-refractivity contribution in [3.63, 3.8) is 0 Å². The fourth-order valence-electron chi connectivity index (χ4n) is 1.98. The van der Waals surface area contributed by atoms with Crippen LogP contribution in [0.3, 0.4) is 0 Å². The molecular formula is C16H13FN2O3. The highest BCUT2D eigenvalue weighted by Gasteiger charge is 2.13. The van der Waals surface area contributed by atoms with E-state index in [1.807, 2.05) is 0 Å². The number of nitriles is 1. The number of ether oxygens (including phenoxy) is 1. The number of halogens is 1. The fraction of sp³-hybridized carbons (Fsp3) is 0.188. The molecule has 0 aliphatic heterocycles. The van der Waals surface area contributed by atoms with Crippen molar-refractivity contribution in [1.82, 2.24) is 0 Å². The molecule has 0 bridgehead atoms. The highest BCUT2D eigenvalue weighted by atomic mass is 19.1. The lowest BCUT2D eigenvalue weighted by Gasteiger charge is -2.11. The van der Waals surface area contributed by atoms with Gasteiger partial charge in [-0.25, -0.2) is 4.39 Å². The SMILES string of the molecule is N#CC(CCOc1ccccc1F)c1ccc([N+](=O)[O-])cc1. The summed E-state index contributed by atoms with van der Waals surface area (Å²) in [6, 6.07) is 14.0. The largest absolute Gasteiger partial charge is 0.490 e. The Hall–Kier alpha value is -2.94. The summed E-state index contributed by atoms with van der Waals surface area (Å²) >= 11 is 0. The summed E-state index contributed by atoms with van der Waals surface area (Å²) in [6.07, 6.45) is 0.364. The van der Waals surface area contributed by atoms with Crippen molar-refractivity contribution in [3.8, 4) is 11.8 Å². The Morgan fingerprint density at radius 1 is 1.23 bits per heavy atom. The predicted molar refractivity (Wildman–Crippen MR) is 78.0 cm³/mol. The van der Waals surface area contributed by atoms with Crippen LogP contribution in [0.25, 0.3) is 0 Å². The maximum atomic E-state index is 13.4. The minimum Gasteiger partial charge on any atom is -0.490 e. The number of hydrogen-bond donors (Lipinski definition) is 0. The first-order chi connectivity index (χ1) is 10.6. The molecule has 5 nitrogen and oxygen atoms in total. The molecule has 1 atom stereocenters. The predicted octanol–water partition coefficient (Wildman–Crippen LogP) is 3.81. The summed E-state index contributed by atoms with van der Waals surface area (Å²) in [5, 5.41) is 19.8. The van der Waals surface area contributed by atoms with Gasteiger partial charge in [-0.15, -0.1) is 0 Å². The molecule has 0 heterocycles. The van der Waals surface area contributed by atoms with Gasteiger partial charge in [0.05, 0.1) is 23.5 Å². The Morgan fingerprint density at radius 3 is 2.50 bits per heavy atom. The van der Waals surface area contributed by atoms with Gasteiger partial charge in [0, 0.05) is 18.6 Å². The average molecular weight is 300 g/mol. The maximum absolute atomic E-state index is 13.4. The number of benzene rings is 2. The average Bonchev–Trinajstić information content (AvgIpc) is 2.53. The summed E-state index contributed by atoms with van der Waals surface area (Å²) in [6.45, 7) is 0.177. The van der Waals surface area contributed by atoms with Gasteiger partial charge in [0.25, 0.3) is 5.69 Å². The zero-order valence-corrected chi connectivity index (χ0v) is 11.6. The van der Waals surface area contributed by atoms with Crippen molar-refractivity contribution in [2.45, 2.75) is 12.3 Å². The molecule has 0 saturated carbocycles. The van der Waals surface area contributed by atoms with Crippen molar-refractivity contribution >= 4 is 5.69 Å². The van der Waals surface area contributed by atoms with Gasteiger partial charge in [0.1, 0.15) is 0 Å². The van der Waals surface area contributed by atoms with Crippen LogP contribution in [0.1, 0.15) is 17.9 Å². The van der Waals surface area contributed by atoms with Crippen LogP contribution in [-0.4, -0.2) is 11.5 Å². The van der Waals surface area contributed by atoms with Gasteiger partial charge in [-0.2, -0.15) is 5.26 Å². The molecule has 6 heteroatoms. The second-order valence-electron chi connectivity index (χ2n) is 4.60. The van der Waals surface area contributed by atoms with Crippen LogP contribution in [0.2, 0.25) is 0 Å². The normalized spacial score (nSPS) is 11.5. The summed E-state index contributed by atoms with van der Waals surface area (Å²) < 4.78 is 18.7. The number of nitro groups is 1. The third kappa shape index (κ3) is 3.79. The quantitative estimate of drug-likeness (QED) is 0.600. The molecule has 0 aliphatic rings. The molecule has 0 spiro atoms. The number of para-hydroxylation sites is 1. The molecule has 2 aromatic carbocycles. The van der Waals surface area contributed by atoms with Gasteiger partial charge in [-0.3, -0.25) is 10.1 Å². The Bertz CT molecular complexity index is 695.